The molecule has 0 saturated carbocycles. The van der Waals surface area contributed by atoms with Crippen LogP contribution in [-0.2, 0) is 9.59 Å². The zero-order chi connectivity index (χ0) is 36.5. The van der Waals surface area contributed by atoms with E-state index < -0.39 is 12.2 Å². The van der Waals surface area contributed by atoms with E-state index in [0.29, 0.717) is 45.7 Å². The summed E-state index contributed by atoms with van der Waals surface area (Å²) in [5.74, 6) is -0.691. The minimum absolute atomic E-state index is 0.0130. The quantitative estimate of drug-likeness (QED) is 0.0637. The first-order chi connectivity index (χ1) is 23.7. The normalized spacial score (nSPS) is 12.9. The molecule has 10 heteroatoms. The summed E-state index contributed by atoms with van der Waals surface area (Å²) in [4.78, 5) is 33.1. The Kier molecular flexibility index (Phi) is 32.9. The number of carbonyl (C=O) groups excluding carboxylic acids is 2. The van der Waals surface area contributed by atoms with Gasteiger partial charge in [-0.1, -0.05) is 129 Å². The molecule has 0 aliphatic carbocycles. The molecule has 49 heavy (non-hydrogen) atoms. The average Bonchev–Trinajstić information content (AvgIpc) is 3.08. The lowest BCUT2D eigenvalue weighted by Crippen LogP contribution is -2.49. The van der Waals surface area contributed by atoms with Crippen molar-refractivity contribution in [2.24, 2.45) is 0 Å². The smallest absolute Gasteiger partial charge is 0.252 e. The Bertz CT molecular complexity index is 705. The van der Waals surface area contributed by atoms with Gasteiger partial charge >= 0.3 is 0 Å². The third-order valence-electron chi connectivity index (χ3n) is 9.66. The van der Waals surface area contributed by atoms with Gasteiger partial charge in [-0.15, -0.1) is 0 Å². The maximum atomic E-state index is 13.1. The zero-order valence-corrected chi connectivity index (χ0v) is 32.5. The number of unbranched alkanes of at least 4 members (excludes halogenated alkanes) is 18. The molecule has 0 fully saturated rings. The van der Waals surface area contributed by atoms with Crippen LogP contribution in [0.25, 0.3) is 0 Å². The topological polar surface area (TPSA) is 128 Å². The maximum absolute atomic E-state index is 13.1. The molecular formula is C39H80N4O6. The molecular weight excluding hydrogens is 620 g/mol. The fourth-order valence-electron chi connectivity index (χ4n) is 6.44. The summed E-state index contributed by atoms with van der Waals surface area (Å²) < 4.78 is 0. The van der Waals surface area contributed by atoms with Gasteiger partial charge in [0.25, 0.3) is 11.8 Å². The molecule has 0 aromatic carbocycles. The first-order valence-corrected chi connectivity index (χ1v) is 20.2. The molecule has 2 unspecified atom stereocenters. The maximum Gasteiger partial charge on any atom is 0.252 e. The monoisotopic (exact) mass is 701 g/mol. The van der Waals surface area contributed by atoms with Gasteiger partial charge in [-0.3, -0.25) is 19.4 Å². The van der Waals surface area contributed by atoms with E-state index in [4.69, 9.17) is 0 Å². The van der Waals surface area contributed by atoms with Gasteiger partial charge in [-0.25, -0.2) is 0 Å². The molecule has 0 spiro atoms. The number of rotatable bonds is 36. The number of aliphatic hydroxyl groups excluding tert-OH is 4. The van der Waals surface area contributed by atoms with Gasteiger partial charge < -0.3 is 30.2 Å². The van der Waals surface area contributed by atoms with Crippen LogP contribution in [0.1, 0.15) is 149 Å². The van der Waals surface area contributed by atoms with Gasteiger partial charge in [0.2, 0.25) is 0 Å². The van der Waals surface area contributed by atoms with E-state index in [0.717, 1.165) is 38.5 Å². The molecule has 0 saturated heterocycles. The lowest BCUT2D eigenvalue weighted by molar-refractivity contribution is -0.142. The van der Waals surface area contributed by atoms with Crippen LogP contribution in [0, 0.1) is 0 Å². The summed E-state index contributed by atoms with van der Waals surface area (Å²) in [7, 11) is 3.46. The molecule has 0 bridgehead atoms. The second kappa shape index (κ2) is 33.8. The van der Waals surface area contributed by atoms with E-state index in [1.165, 1.54) is 89.9 Å². The standard InChI is InChI=1S/C39H80N4O6/c1-5-7-9-11-13-15-17-19-21-23-26-40(3)38(48)36(46)34-43(29-25-28-42(30-32-44)31-33-45)35-37(47)39(49)41(4)27-24-22-20-18-16-14-12-10-8-6-2/h36-37,44-47H,5-35H2,1-4H3. The van der Waals surface area contributed by atoms with Gasteiger partial charge in [0.05, 0.1) is 13.2 Å². The van der Waals surface area contributed by atoms with Gasteiger partial charge in [0.1, 0.15) is 12.2 Å². The minimum Gasteiger partial charge on any atom is -0.395 e. The number of hydrogen-bond acceptors (Lipinski definition) is 8. The molecule has 0 rings (SSSR count). The Hall–Kier alpha value is -1.30. The predicted octanol–water partition coefficient (Wildman–Crippen LogP) is 5.45. The van der Waals surface area contributed by atoms with Crippen molar-refractivity contribution < 1.29 is 30.0 Å². The van der Waals surface area contributed by atoms with Crippen molar-refractivity contribution >= 4 is 11.8 Å². The summed E-state index contributed by atoms with van der Waals surface area (Å²) in [5.41, 5.74) is 0. The summed E-state index contributed by atoms with van der Waals surface area (Å²) >= 11 is 0. The predicted molar refractivity (Wildman–Crippen MR) is 203 cm³/mol. The third-order valence-corrected chi connectivity index (χ3v) is 9.66. The lowest BCUT2D eigenvalue weighted by atomic mass is 10.1. The van der Waals surface area contributed by atoms with Crippen LogP contribution in [0.15, 0.2) is 0 Å². The summed E-state index contributed by atoms with van der Waals surface area (Å²) in [5, 5.41) is 40.6. The Morgan fingerprint density at radius 3 is 1.06 bits per heavy atom. The second-order valence-corrected chi connectivity index (χ2v) is 14.3. The molecule has 4 N–H and O–H groups in total. The number of aliphatic hydroxyl groups is 4. The van der Waals surface area contributed by atoms with Crippen molar-refractivity contribution in [3.63, 3.8) is 0 Å². The molecule has 292 valence electrons. The van der Waals surface area contributed by atoms with Crippen molar-refractivity contribution in [1.29, 1.82) is 0 Å². The van der Waals surface area contributed by atoms with Crippen molar-refractivity contribution in [2.45, 2.75) is 161 Å². The number of likely N-dealkylation sites (N-methyl/N-ethyl adjacent to an activating group) is 2. The van der Waals surface area contributed by atoms with Crippen LogP contribution in [0.3, 0.4) is 0 Å². The average molecular weight is 701 g/mol. The minimum atomic E-state index is -1.26. The molecule has 0 aliphatic rings. The Morgan fingerprint density at radius 1 is 0.429 bits per heavy atom. The van der Waals surface area contributed by atoms with E-state index in [9.17, 15) is 30.0 Å². The first-order valence-electron chi connectivity index (χ1n) is 20.2. The zero-order valence-electron chi connectivity index (χ0n) is 32.5. The van der Waals surface area contributed by atoms with Gasteiger partial charge in [-0.2, -0.15) is 0 Å². The number of hydrogen-bond donors (Lipinski definition) is 4. The van der Waals surface area contributed by atoms with Crippen LogP contribution in [0.5, 0.6) is 0 Å². The summed E-state index contributed by atoms with van der Waals surface area (Å²) in [6.07, 6.45) is 22.5. The van der Waals surface area contributed by atoms with E-state index in [1.807, 2.05) is 4.90 Å². The summed E-state index contributed by atoms with van der Waals surface area (Å²) in [6, 6.07) is 0. The second-order valence-electron chi connectivity index (χ2n) is 14.3. The van der Waals surface area contributed by atoms with Crippen LogP contribution < -0.4 is 0 Å². The molecule has 0 aromatic heterocycles. The summed E-state index contributed by atoms with van der Waals surface area (Å²) in [6.45, 7) is 7.61. The fraction of sp³-hybridized carbons (Fsp3) is 0.949. The molecule has 2 amide bonds. The highest BCUT2D eigenvalue weighted by Crippen LogP contribution is 2.13. The Morgan fingerprint density at radius 2 is 0.735 bits per heavy atom. The molecule has 0 radical (unpaired) electrons. The van der Waals surface area contributed by atoms with Crippen molar-refractivity contribution in [2.75, 3.05) is 79.7 Å². The highest BCUT2D eigenvalue weighted by molar-refractivity contribution is 5.81. The van der Waals surface area contributed by atoms with Crippen molar-refractivity contribution in [1.82, 2.24) is 19.6 Å². The lowest BCUT2D eigenvalue weighted by Gasteiger charge is -2.30. The molecule has 2 atom stereocenters. The highest BCUT2D eigenvalue weighted by atomic mass is 16.3. The number of amides is 2. The van der Waals surface area contributed by atoms with Crippen LogP contribution in [0.2, 0.25) is 0 Å². The Labute approximate surface area is 301 Å². The number of carbonyl (C=O) groups is 2. The fourth-order valence-corrected chi connectivity index (χ4v) is 6.44. The van der Waals surface area contributed by atoms with Crippen molar-refractivity contribution in [3.05, 3.63) is 0 Å². The SMILES string of the molecule is CCCCCCCCCCCCN(C)C(=O)C(O)CN(CCCN(CCO)CCO)CC(O)C(=O)N(C)CCCCCCCCCCCC. The first kappa shape index (κ1) is 47.7. The van der Waals surface area contributed by atoms with Crippen LogP contribution in [-0.4, -0.2) is 144 Å². The Balaban J connectivity index is 4.81. The van der Waals surface area contributed by atoms with Crippen LogP contribution in [0.4, 0.5) is 0 Å². The van der Waals surface area contributed by atoms with E-state index in [2.05, 4.69) is 13.8 Å². The van der Waals surface area contributed by atoms with Gasteiger partial charge in [0, 0.05) is 53.4 Å². The molecule has 0 heterocycles. The highest BCUT2D eigenvalue weighted by Gasteiger charge is 2.27. The van der Waals surface area contributed by atoms with E-state index in [1.54, 1.807) is 28.8 Å². The van der Waals surface area contributed by atoms with Gasteiger partial charge in [-0.05, 0) is 32.4 Å². The molecule has 0 aliphatic heterocycles. The largest absolute Gasteiger partial charge is 0.395 e. The third kappa shape index (κ3) is 27.1. The molecule has 10 nitrogen and oxygen atoms in total. The van der Waals surface area contributed by atoms with E-state index >= 15 is 0 Å². The number of nitrogens with zero attached hydrogens (tertiary/aromatic N) is 4. The van der Waals surface area contributed by atoms with Crippen LogP contribution >= 0.6 is 0 Å². The van der Waals surface area contributed by atoms with E-state index in [-0.39, 0.29) is 38.1 Å². The van der Waals surface area contributed by atoms with Crippen molar-refractivity contribution in [3.8, 4) is 0 Å². The molecule has 0 aromatic rings. The van der Waals surface area contributed by atoms with Gasteiger partial charge in [0.15, 0.2) is 0 Å².